The lowest BCUT2D eigenvalue weighted by molar-refractivity contribution is -0.115. The highest BCUT2D eigenvalue weighted by molar-refractivity contribution is 9.12. The van der Waals surface area contributed by atoms with Crippen LogP contribution in [-0.2, 0) is 11.2 Å². The molecule has 1 amide bonds. The first-order valence-corrected chi connectivity index (χ1v) is 5.53. The SMILES string of the molecule is O=C(C#CBr)NCCc1cccc(Cl)c1. The van der Waals surface area contributed by atoms with Crippen LogP contribution in [0.15, 0.2) is 24.3 Å². The van der Waals surface area contributed by atoms with Gasteiger partial charge in [-0.3, -0.25) is 4.79 Å². The summed E-state index contributed by atoms with van der Waals surface area (Å²) in [5.74, 6) is 2.05. The number of carbonyl (C=O) groups is 1. The highest BCUT2D eigenvalue weighted by Crippen LogP contribution is 2.10. The van der Waals surface area contributed by atoms with Crippen LogP contribution < -0.4 is 5.32 Å². The number of benzene rings is 1. The molecule has 1 aromatic carbocycles. The summed E-state index contributed by atoms with van der Waals surface area (Å²) in [7, 11) is 0. The van der Waals surface area contributed by atoms with E-state index in [0.717, 1.165) is 12.0 Å². The van der Waals surface area contributed by atoms with Crippen molar-refractivity contribution in [1.29, 1.82) is 0 Å². The van der Waals surface area contributed by atoms with Gasteiger partial charge in [-0.2, -0.15) is 0 Å². The van der Waals surface area contributed by atoms with E-state index in [2.05, 4.69) is 32.0 Å². The summed E-state index contributed by atoms with van der Waals surface area (Å²) < 4.78 is 0. The molecule has 1 rings (SSSR count). The zero-order valence-electron chi connectivity index (χ0n) is 7.89. The van der Waals surface area contributed by atoms with Gasteiger partial charge in [0.05, 0.1) is 0 Å². The number of rotatable bonds is 3. The summed E-state index contributed by atoms with van der Waals surface area (Å²) in [5.41, 5.74) is 1.09. The van der Waals surface area contributed by atoms with E-state index in [1.54, 1.807) is 0 Å². The predicted molar refractivity (Wildman–Crippen MR) is 64.9 cm³/mol. The van der Waals surface area contributed by atoms with Gasteiger partial charge in [0.1, 0.15) is 0 Å². The molecule has 4 heteroatoms. The van der Waals surface area contributed by atoms with E-state index in [1.807, 2.05) is 24.3 Å². The molecule has 1 N–H and O–H groups in total. The predicted octanol–water partition coefficient (Wildman–Crippen LogP) is 2.35. The summed E-state index contributed by atoms with van der Waals surface area (Å²) in [6, 6.07) is 7.55. The van der Waals surface area contributed by atoms with E-state index in [1.165, 1.54) is 0 Å². The molecule has 0 aromatic heterocycles. The van der Waals surface area contributed by atoms with Gasteiger partial charge in [0.2, 0.25) is 0 Å². The van der Waals surface area contributed by atoms with Crippen molar-refractivity contribution < 1.29 is 4.79 Å². The van der Waals surface area contributed by atoms with Gasteiger partial charge in [0, 0.05) is 33.4 Å². The maximum atomic E-state index is 11.0. The molecule has 0 heterocycles. The average Bonchev–Trinajstić information content (AvgIpc) is 2.18. The largest absolute Gasteiger partial charge is 0.345 e. The molecule has 0 unspecified atom stereocenters. The van der Waals surface area contributed by atoms with Crippen LogP contribution in [0.5, 0.6) is 0 Å². The highest BCUT2D eigenvalue weighted by atomic mass is 79.9. The molecule has 0 aliphatic rings. The summed E-state index contributed by atoms with van der Waals surface area (Å²) in [4.78, 5) is 13.3. The fraction of sp³-hybridized carbons (Fsp3) is 0.182. The molecule has 0 fully saturated rings. The lowest BCUT2D eigenvalue weighted by atomic mass is 10.1. The average molecular weight is 287 g/mol. The van der Waals surface area contributed by atoms with E-state index >= 15 is 0 Å². The van der Waals surface area contributed by atoms with Crippen molar-refractivity contribution in [2.24, 2.45) is 0 Å². The summed E-state index contributed by atoms with van der Waals surface area (Å²) in [6.45, 7) is 0.556. The van der Waals surface area contributed by atoms with Gasteiger partial charge in [-0.15, -0.1) is 0 Å². The van der Waals surface area contributed by atoms with Crippen molar-refractivity contribution in [1.82, 2.24) is 5.32 Å². The van der Waals surface area contributed by atoms with Crippen LogP contribution in [0.25, 0.3) is 0 Å². The Morgan fingerprint density at radius 2 is 2.33 bits per heavy atom. The van der Waals surface area contributed by atoms with Crippen LogP contribution in [0, 0.1) is 10.8 Å². The zero-order chi connectivity index (χ0) is 11.1. The smallest absolute Gasteiger partial charge is 0.296 e. The molecule has 0 atom stereocenters. The molecule has 0 radical (unpaired) electrons. The van der Waals surface area contributed by atoms with Gasteiger partial charge in [-0.05, 0) is 28.9 Å². The second-order valence-corrected chi connectivity index (χ2v) is 3.69. The number of halogens is 2. The van der Waals surface area contributed by atoms with Gasteiger partial charge < -0.3 is 5.32 Å². The maximum Gasteiger partial charge on any atom is 0.296 e. The second kappa shape index (κ2) is 6.49. The minimum absolute atomic E-state index is 0.283. The van der Waals surface area contributed by atoms with Crippen molar-refractivity contribution in [2.75, 3.05) is 6.54 Å². The van der Waals surface area contributed by atoms with Crippen LogP contribution in [0.2, 0.25) is 5.02 Å². The molecule has 1 aromatic rings. The van der Waals surface area contributed by atoms with Gasteiger partial charge in [-0.1, -0.05) is 23.7 Å². The van der Waals surface area contributed by atoms with Gasteiger partial charge in [-0.25, -0.2) is 0 Å². The van der Waals surface area contributed by atoms with Crippen molar-refractivity contribution in [2.45, 2.75) is 6.42 Å². The molecule has 0 aliphatic carbocycles. The van der Waals surface area contributed by atoms with Crippen molar-refractivity contribution >= 4 is 33.4 Å². The van der Waals surface area contributed by atoms with Crippen molar-refractivity contribution in [3.8, 4) is 10.8 Å². The van der Waals surface area contributed by atoms with E-state index in [-0.39, 0.29) is 5.91 Å². The van der Waals surface area contributed by atoms with Gasteiger partial charge >= 0.3 is 0 Å². The molecule has 78 valence electrons. The van der Waals surface area contributed by atoms with Crippen LogP contribution in [0.4, 0.5) is 0 Å². The van der Waals surface area contributed by atoms with E-state index in [0.29, 0.717) is 11.6 Å². The molecule has 15 heavy (non-hydrogen) atoms. The minimum Gasteiger partial charge on any atom is -0.345 e. The lowest BCUT2D eigenvalue weighted by Gasteiger charge is -2.01. The molecule has 0 saturated heterocycles. The van der Waals surface area contributed by atoms with Crippen LogP contribution in [0.3, 0.4) is 0 Å². The third-order valence-corrected chi connectivity index (χ3v) is 2.18. The Balaban J connectivity index is 2.37. The number of amides is 1. The lowest BCUT2D eigenvalue weighted by Crippen LogP contribution is -2.23. The van der Waals surface area contributed by atoms with Crippen LogP contribution >= 0.6 is 27.5 Å². The number of carbonyl (C=O) groups excluding carboxylic acids is 1. The summed E-state index contributed by atoms with van der Waals surface area (Å²) in [6.07, 6.45) is 0.746. The maximum absolute atomic E-state index is 11.0. The van der Waals surface area contributed by atoms with Crippen molar-refractivity contribution in [3.05, 3.63) is 34.9 Å². The van der Waals surface area contributed by atoms with Crippen LogP contribution in [-0.4, -0.2) is 12.5 Å². The Labute approximate surface area is 102 Å². The molecular formula is C11H9BrClNO. The molecule has 0 aliphatic heterocycles. The first-order valence-electron chi connectivity index (χ1n) is 4.36. The number of hydrogen-bond acceptors (Lipinski definition) is 1. The summed E-state index contributed by atoms with van der Waals surface area (Å²) in [5, 5.41) is 3.37. The van der Waals surface area contributed by atoms with E-state index in [4.69, 9.17) is 11.6 Å². The van der Waals surface area contributed by atoms with Gasteiger partial charge in [0.15, 0.2) is 0 Å². The topological polar surface area (TPSA) is 29.1 Å². The van der Waals surface area contributed by atoms with Gasteiger partial charge in [0.25, 0.3) is 5.91 Å². The Morgan fingerprint density at radius 3 is 3.00 bits per heavy atom. The molecule has 2 nitrogen and oxygen atoms in total. The fourth-order valence-corrected chi connectivity index (χ4v) is 1.49. The molecule has 0 spiro atoms. The molecule has 0 bridgehead atoms. The minimum atomic E-state index is -0.283. The Hall–Kier alpha value is -0.980. The summed E-state index contributed by atoms with van der Waals surface area (Å²) >= 11 is 8.68. The number of nitrogens with one attached hydrogen (secondary N) is 1. The normalized spacial score (nSPS) is 8.93. The fourth-order valence-electron chi connectivity index (χ4n) is 1.10. The number of hydrogen-bond donors (Lipinski definition) is 1. The quantitative estimate of drug-likeness (QED) is 0.849. The standard InChI is InChI=1S/C11H9BrClNO/c12-6-4-11(15)14-7-5-9-2-1-3-10(13)8-9/h1-3,8H,5,7H2,(H,14,15). The van der Waals surface area contributed by atoms with Crippen molar-refractivity contribution in [3.63, 3.8) is 0 Å². The Morgan fingerprint density at radius 1 is 1.53 bits per heavy atom. The van der Waals surface area contributed by atoms with Crippen LogP contribution in [0.1, 0.15) is 5.56 Å². The Kier molecular flexibility index (Phi) is 5.23. The molecule has 0 saturated carbocycles. The van der Waals surface area contributed by atoms with E-state index in [9.17, 15) is 4.79 Å². The second-order valence-electron chi connectivity index (χ2n) is 2.86. The van der Waals surface area contributed by atoms with E-state index < -0.39 is 0 Å². The third kappa shape index (κ3) is 4.87. The molecular weight excluding hydrogens is 277 g/mol. The third-order valence-electron chi connectivity index (χ3n) is 1.75. The monoisotopic (exact) mass is 285 g/mol. The first kappa shape index (κ1) is 12.1. The first-order chi connectivity index (χ1) is 7.22. The highest BCUT2D eigenvalue weighted by Gasteiger charge is 1.96. The Bertz CT molecular complexity index is 409. The zero-order valence-corrected chi connectivity index (χ0v) is 10.2.